The molecule has 0 spiro atoms. The Bertz CT molecular complexity index is 540. The van der Waals surface area contributed by atoms with Gasteiger partial charge in [0, 0.05) is 44.3 Å². The maximum absolute atomic E-state index is 12.2. The minimum atomic E-state index is -3.34. The third-order valence-corrected chi connectivity index (χ3v) is 5.26. The average Bonchev–Trinajstić information content (AvgIpc) is 2.75. The molecule has 1 aromatic heterocycles. The summed E-state index contributed by atoms with van der Waals surface area (Å²) in [6.45, 7) is 4.16. The minimum Gasteiger partial charge on any atom is -0.383 e. The maximum Gasteiger partial charge on any atom is 0.279 e. The molecule has 118 valence electrons. The van der Waals surface area contributed by atoms with Crippen molar-refractivity contribution in [2.45, 2.75) is 32.6 Å². The average molecular weight is 312 g/mol. The molecule has 0 bridgehead atoms. The van der Waals surface area contributed by atoms with E-state index in [1.807, 2.05) is 13.0 Å². The van der Waals surface area contributed by atoms with Gasteiger partial charge in [0.15, 0.2) is 0 Å². The molecule has 1 aliphatic rings. The topological polar surface area (TPSA) is 74.3 Å². The van der Waals surface area contributed by atoms with E-state index in [2.05, 4.69) is 15.0 Å². The van der Waals surface area contributed by atoms with E-state index in [0.29, 0.717) is 26.2 Å². The van der Waals surface area contributed by atoms with Gasteiger partial charge in [-0.15, -0.1) is 0 Å². The number of aryl methyl sites for hydroxylation is 1. The molecule has 0 saturated carbocycles. The summed E-state index contributed by atoms with van der Waals surface area (Å²) in [6.07, 6.45) is 7.65. The molecule has 2 heterocycles. The van der Waals surface area contributed by atoms with E-state index in [1.54, 1.807) is 16.7 Å². The van der Waals surface area contributed by atoms with Gasteiger partial charge in [0.2, 0.25) is 0 Å². The lowest BCUT2D eigenvalue weighted by molar-refractivity contribution is 0.415. The van der Waals surface area contributed by atoms with Crippen molar-refractivity contribution in [1.29, 1.82) is 0 Å². The highest BCUT2D eigenvalue weighted by molar-refractivity contribution is 7.87. The van der Waals surface area contributed by atoms with Crippen LogP contribution in [0.4, 0.5) is 5.69 Å². The van der Waals surface area contributed by atoms with E-state index in [0.717, 1.165) is 36.9 Å². The molecule has 1 fully saturated rings. The predicted molar refractivity (Wildman–Crippen MR) is 84.4 cm³/mol. The molecular weight excluding hydrogens is 288 g/mol. The van der Waals surface area contributed by atoms with Gasteiger partial charge in [0.25, 0.3) is 10.2 Å². The molecule has 0 atom stereocenters. The first-order valence-electron chi connectivity index (χ1n) is 7.49. The SMILES string of the molecule is Cc1cnccc1NCCNS(=O)(=O)N1CCCCCC1. The summed E-state index contributed by atoms with van der Waals surface area (Å²) in [5.41, 5.74) is 2.03. The standard InChI is InChI=1S/C14H24N4O2S/c1-13-12-15-7-6-14(13)16-8-9-17-21(19,20)18-10-4-2-3-5-11-18/h6-7,12,17H,2-5,8-11H2,1H3,(H,15,16). The van der Waals surface area contributed by atoms with Crippen LogP contribution < -0.4 is 10.0 Å². The Balaban J connectivity index is 1.78. The maximum atomic E-state index is 12.2. The van der Waals surface area contributed by atoms with E-state index >= 15 is 0 Å². The van der Waals surface area contributed by atoms with Gasteiger partial charge in [-0.25, -0.2) is 4.72 Å². The number of nitrogens with zero attached hydrogens (tertiary/aromatic N) is 2. The molecule has 1 aliphatic heterocycles. The van der Waals surface area contributed by atoms with Crippen LogP contribution in [0.1, 0.15) is 31.2 Å². The Morgan fingerprint density at radius 3 is 2.57 bits per heavy atom. The second-order valence-electron chi connectivity index (χ2n) is 5.33. The van der Waals surface area contributed by atoms with E-state index in [4.69, 9.17) is 0 Å². The zero-order chi connectivity index (χ0) is 15.1. The Kier molecular flexibility index (Phi) is 5.96. The summed E-state index contributed by atoms with van der Waals surface area (Å²) in [6, 6.07) is 1.89. The lowest BCUT2D eigenvalue weighted by Gasteiger charge is -2.20. The molecule has 1 saturated heterocycles. The van der Waals surface area contributed by atoms with E-state index in [9.17, 15) is 8.42 Å². The molecule has 0 unspecified atom stereocenters. The molecular formula is C14H24N4O2S. The second-order valence-corrected chi connectivity index (χ2v) is 7.09. The van der Waals surface area contributed by atoms with Gasteiger partial charge in [-0.1, -0.05) is 12.8 Å². The normalized spacial score (nSPS) is 17.4. The second kappa shape index (κ2) is 7.72. The van der Waals surface area contributed by atoms with Crippen molar-refractivity contribution < 1.29 is 8.42 Å². The molecule has 0 radical (unpaired) electrons. The fraction of sp³-hybridized carbons (Fsp3) is 0.643. The summed E-state index contributed by atoms with van der Waals surface area (Å²) in [4.78, 5) is 4.02. The molecule has 0 amide bonds. The molecule has 21 heavy (non-hydrogen) atoms. The van der Waals surface area contributed by atoms with Gasteiger partial charge in [-0.3, -0.25) is 4.98 Å². The van der Waals surface area contributed by atoms with Crippen LogP contribution in [0.25, 0.3) is 0 Å². The summed E-state index contributed by atoms with van der Waals surface area (Å²) < 4.78 is 28.6. The monoisotopic (exact) mass is 312 g/mol. The molecule has 6 nitrogen and oxygen atoms in total. The number of hydrogen-bond donors (Lipinski definition) is 2. The van der Waals surface area contributed by atoms with Crippen molar-refractivity contribution in [3.05, 3.63) is 24.0 Å². The van der Waals surface area contributed by atoms with Crippen LogP contribution in [0.2, 0.25) is 0 Å². The quantitative estimate of drug-likeness (QED) is 0.781. The molecule has 2 N–H and O–H groups in total. The largest absolute Gasteiger partial charge is 0.383 e. The van der Waals surface area contributed by atoms with Gasteiger partial charge in [0.1, 0.15) is 0 Å². The van der Waals surface area contributed by atoms with Crippen LogP contribution in [0.3, 0.4) is 0 Å². The number of rotatable bonds is 6. The Hall–Kier alpha value is -1.18. The predicted octanol–water partition coefficient (Wildman–Crippen LogP) is 1.51. The lowest BCUT2D eigenvalue weighted by Crippen LogP contribution is -2.42. The fourth-order valence-electron chi connectivity index (χ4n) is 2.42. The van der Waals surface area contributed by atoms with Gasteiger partial charge >= 0.3 is 0 Å². The Labute approximate surface area is 127 Å². The Morgan fingerprint density at radius 1 is 1.19 bits per heavy atom. The first kappa shape index (κ1) is 16.2. The summed E-state index contributed by atoms with van der Waals surface area (Å²) >= 11 is 0. The van der Waals surface area contributed by atoms with Crippen molar-refractivity contribution in [2.24, 2.45) is 0 Å². The molecule has 2 rings (SSSR count). The van der Waals surface area contributed by atoms with Crippen LogP contribution in [0.15, 0.2) is 18.5 Å². The number of aromatic nitrogens is 1. The van der Waals surface area contributed by atoms with Crippen molar-refractivity contribution in [3.8, 4) is 0 Å². The highest BCUT2D eigenvalue weighted by Crippen LogP contribution is 2.12. The number of anilines is 1. The third-order valence-electron chi connectivity index (χ3n) is 3.65. The van der Waals surface area contributed by atoms with Crippen LogP contribution in [0, 0.1) is 6.92 Å². The van der Waals surface area contributed by atoms with Crippen LogP contribution in [0.5, 0.6) is 0 Å². The lowest BCUT2D eigenvalue weighted by atomic mass is 10.2. The van der Waals surface area contributed by atoms with Gasteiger partial charge in [0.05, 0.1) is 0 Å². The summed E-state index contributed by atoms with van der Waals surface area (Å²) in [7, 11) is -3.34. The van der Waals surface area contributed by atoms with Crippen LogP contribution in [-0.2, 0) is 10.2 Å². The fourth-order valence-corrected chi connectivity index (χ4v) is 3.70. The van der Waals surface area contributed by atoms with E-state index < -0.39 is 10.2 Å². The van der Waals surface area contributed by atoms with Gasteiger partial charge < -0.3 is 5.32 Å². The first-order chi connectivity index (χ1) is 10.1. The smallest absolute Gasteiger partial charge is 0.279 e. The zero-order valence-corrected chi connectivity index (χ0v) is 13.3. The molecule has 7 heteroatoms. The minimum absolute atomic E-state index is 0.376. The van der Waals surface area contributed by atoms with Crippen molar-refractivity contribution in [1.82, 2.24) is 14.0 Å². The zero-order valence-electron chi connectivity index (χ0n) is 12.5. The number of pyridine rings is 1. The summed E-state index contributed by atoms with van der Waals surface area (Å²) in [5.74, 6) is 0. The van der Waals surface area contributed by atoms with E-state index in [-0.39, 0.29) is 0 Å². The summed E-state index contributed by atoms with van der Waals surface area (Å²) in [5, 5.41) is 3.22. The van der Waals surface area contributed by atoms with Crippen molar-refractivity contribution in [2.75, 3.05) is 31.5 Å². The third kappa shape index (κ3) is 4.94. The Morgan fingerprint density at radius 2 is 1.90 bits per heavy atom. The van der Waals surface area contributed by atoms with Crippen molar-refractivity contribution in [3.63, 3.8) is 0 Å². The van der Waals surface area contributed by atoms with Crippen molar-refractivity contribution >= 4 is 15.9 Å². The number of hydrogen-bond acceptors (Lipinski definition) is 4. The van der Waals surface area contributed by atoms with Gasteiger partial charge in [-0.05, 0) is 31.4 Å². The molecule has 0 aliphatic carbocycles. The van der Waals surface area contributed by atoms with Crippen LogP contribution in [-0.4, -0.2) is 43.9 Å². The highest BCUT2D eigenvalue weighted by Gasteiger charge is 2.21. The van der Waals surface area contributed by atoms with Gasteiger partial charge in [-0.2, -0.15) is 12.7 Å². The van der Waals surface area contributed by atoms with E-state index in [1.165, 1.54) is 0 Å². The molecule has 0 aromatic carbocycles. The highest BCUT2D eigenvalue weighted by atomic mass is 32.2. The van der Waals surface area contributed by atoms with Crippen LogP contribution >= 0.6 is 0 Å². The molecule has 1 aromatic rings. The first-order valence-corrected chi connectivity index (χ1v) is 8.93. The number of nitrogens with one attached hydrogen (secondary N) is 2.